The van der Waals surface area contributed by atoms with Crippen LogP contribution in [-0.4, -0.2) is 18.5 Å². The highest BCUT2D eigenvalue weighted by Crippen LogP contribution is 2.19. The Morgan fingerprint density at radius 1 is 1.05 bits per heavy atom. The van der Waals surface area contributed by atoms with E-state index in [0.717, 1.165) is 43.4 Å². The number of para-hydroxylation sites is 1. The van der Waals surface area contributed by atoms with E-state index >= 15 is 0 Å². The van der Waals surface area contributed by atoms with Crippen LogP contribution < -0.4 is 4.74 Å². The topological polar surface area (TPSA) is 52.6 Å². The molecule has 0 spiro atoms. The van der Waals surface area contributed by atoms with E-state index in [1.165, 1.54) is 0 Å². The van der Waals surface area contributed by atoms with Crippen LogP contribution in [0.15, 0.2) is 36.4 Å². The van der Waals surface area contributed by atoms with E-state index in [0.29, 0.717) is 12.4 Å². The van der Waals surface area contributed by atoms with E-state index in [-0.39, 0.29) is 0 Å². The Balaban J connectivity index is 2.51. The zero-order chi connectivity index (χ0) is 15.5. The molecule has 0 aliphatic heterocycles. The van der Waals surface area contributed by atoms with Crippen molar-refractivity contribution in [1.82, 2.24) is 0 Å². The van der Waals surface area contributed by atoms with Crippen LogP contribution in [0.4, 0.5) is 0 Å². The van der Waals surface area contributed by atoms with Gasteiger partial charge in [0.25, 0.3) is 0 Å². The third kappa shape index (κ3) is 6.75. The molecule has 1 aromatic carbocycles. The first-order chi connectivity index (χ1) is 10.2. The summed E-state index contributed by atoms with van der Waals surface area (Å²) in [6.45, 7) is 4.44. The highest BCUT2D eigenvalue weighted by atomic mass is 16.5. The molecule has 1 rings (SSSR count). The number of carbonyl (C=O) groups is 2. The lowest BCUT2D eigenvalue weighted by Gasteiger charge is -2.07. The molecule has 0 amide bonds. The number of hydrogen-bond donors (Lipinski definition) is 0. The summed E-state index contributed by atoms with van der Waals surface area (Å²) < 4.78 is 10.2. The lowest BCUT2D eigenvalue weighted by molar-refractivity contribution is -0.138. The van der Waals surface area contributed by atoms with Gasteiger partial charge in [-0.1, -0.05) is 44.9 Å². The Bertz CT molecular complexity index is 491. The van der Waals surface area contributed by atoms with Gasteiger partial charge in [-0.25, -0.2) is 9.59 Å². The van der Waals surface area contributed by atoms with Crippen molar-refractivity contribution in [2.75, 3.05) is 6.61 Å². The Hall–Kier alpha value is -2.10. The van der Waals surface area contributed by atoms with Gasteiger partial charge < -0.3 is 9.47 Å². The molecule has 0 radical (unpaired) electrons. The van der Waals surface area contributed by atoms with Gasteiger partial charge in [0, 0.05) is 12.2 Å². The van der Waals surface area contributed by atoms with Crippen LogP contribution in [0, 0.1) is 0 Å². The monoisotopic (exact) mass is 290 g/mol. The normalized spacial score (nSPS) is 10.6. The molecule has 4 nitrogen and oxygen atoms in total. The van der Waals surface area contributed by atoms with Crippen LogP contribution in [0.1, 0.15) is 38.7 Å². The van der Waals surface area contributed by atoms with E-state index in [2.05, 4.69) is 6.92 Å². The minimum Gasteiger partial charge on any atom is -0.463 e. The fraction of sp³-hybridized carbons (Fsp3) is 0.412. The Morgan fingerprint density at radius 2 is 1.76 bits per heavy atom. The average Bonchev–Trinajstić information content (AvgIpc) is 2.48. The predicted molar refractivity (Wildman–Crippen MR) is 81.1 cm³/mol. The zero-order valence-corrected chi connectivity index (χ0v) is 12.6. The number of aryl methyl sites for hydroxylation is 1. The molecule has 0 saturated heterocycles. The largest absolute Gasteiger partial charge is 0.463 e. The van der Waals surface area contributed by atoms with Gasteiger partial charge >= 0.3 is 11.9 Å². The molecule has 0 bridgehead atoms. The molecule has 0 atom stereocenters. The third-order valence-corrected chi connectivity index (χ3v) is 2.80. The Morgan fingerprint density at radius 3 is 2.48 bits per heavy atom. The minimum atomic E-state index is -0.578. The summed E-state index contributed by atoms with van der Waals surface area (Å²) in [5, 5.41) is 0. The summed E-state index contributed by atoms with van der Waals surface area (Å²) in [6, 6.07) is 7.39. The van der Waals surface area contributed by atoms with Crippen molar-refractivity contribution in [3.63, 3.8) is 0 Å². The third-order valence-electron chi connectivity index (χ3n) is 2.80. The fourth-order valence-electron chi connectivity index (χ4n) is 1.72. The molecule has 21 heavy (non-hydrogen) atoms. The molecule has 1 aromatic rings. The van der Waals surface area contributed by atoms with E-state index in [1.807, 2.05) is 25.1 Å². The fourth-order valence-corrected chi connectivity index (χ4v) is 1.72. The molecule has 0 N–H and O–H groups in total. The van der Waals surface area contributed by atoms with Crippen molar-refractivity contribution in [1.29, 1.82) is 0 Å². The summed E-state index contributed by atoms with van der Waals surface area (Å²) in [6.07, 6.45) is 5.76. The molecule has 114 valence electrons. The maximum atomic E-state index is 11.7. The maximum absolute atomic E-state index is 11.7. The zero-order valence-electron chi connectivity index (χ0n) is 12.6. The number of carbonyl (C=O) groups excluding carboxylic acids is 2. The average molecular weight is 290 g/mol. The molecule has 0 heterocycles. The number of ether oxygens (including phenoxy) is 2. The molecule has 0 aliphatic rings. The van der Waals surface area contributed by atoms with Gasteiger partial charge in [0.2, 0.25) is 0 Å². The summed E-state index contributed by atoms with van der Waals surface area (Å²) in [7, 11) is 0. The number of unbranched alkanes of at least 4 members (excludes halogenated alkanes) is 1. The second-order valence-electron chi connectivity index (χ2n) is 4.63. The number of esters is 2. The van der Waals surface area contributed by atoms with Gasteiger partial charge in [-0.3, -0.25) is 0 Å². The molecule has 0 fully saturated rings. The molecule has 0 saturated carbocycles. The minimum absolute atomic E-state index is 0.369. The quantitative estimate of drug-likeness (QED) is 0.318. The first-order valence-electron chi connectivity index (χ1n) is 7.32. The van der Waals surface area contributed by atoms with Crippen molar-refractivity contribution in [3.05, 3.63) is 42.0 Å². The van der Waals surface area contributed by atoms with Crippen LogP contribution in [0.3, 0.4) is 0 Å². The summed E-state index contributed by atoms with van der Waals surface area (Å²) in [5.41, 5.74) is 0.979. The highest BCUT2D eigenvalue weighted by molar-refractivity contribution is 5.92. The first-order valence-corrected chi connectivity index (χ1v) is 7.32. The second kappa shape index (κ2) is 9.75. The lowest BCUT2D eigenvalue weighted by Crippen LogP contribution is -2.08. The van der Waals surface area contributed by atoms with Crippen LogP contribution in [0.5, 0.6) is 5.75 Å². The summed E-state index contributed by atoms with van der Waals surface area (Å²) in [5.74, 6) is -0.568. The predicted octanol–water partition coefficient (Wildman–Crippen LogP) is 3.44. The molecular formula is C17H22O4. The van der Waals surface area contributed by atoms with E-state index in [1.54, 1.807) is 6.07 Å². The van der Waals surface area contributed by atoms with Gasteiger partial charge in [-0.2, -0.15) is 0 Å². The van der Waals surface area contributed by atoms with Crippen molar-refractivity contribution < 1.29 is 19.1 Å². The number of hydrogen-bond acceptors (Lipinski definition) is 4. The molecular weight excluding hydrogens is 268 g/mol. The molecule has 0 aliphatic carbocycles. The maximum Gasteiger partial charge on any atom is 0.336 e. The molecule has 4 heteroatoms. The molecule has 0 unspecified atom stereocenters. The number of rotatable bonds is 8. The summed E-state index contributed by atoms with van der Waals surface area (Å²) in [4.78, 5) is 23.0. The summed E-state index contributed by atoms with van der Waals surface area (Å²) >= 11 is 0. The smallest absolute Gasteiger partial charge is 0.336 e. The van der Waals surface area contributed by atoms with Crippen molar-refractivity contribution in [3.8, 4) is 5.75 Å². The van der Waals surface area contributed by atoms with E-state index in [9.17, 15) is 9.59 Å². The molecule has 0 aromatic heterocycles. The van der Waals surface area contributed by atoms with E-state index < -0.39 is 11.9 Å². The first kappa shape index (κ1) is 17.0. The van der Waals surface area contributed by atoms with Crippen molar-refractivity contribution in [2.24, 2.45) is 0 Å². The van der Waals surface area contributed by atoms with Gasteiger partial charge in [0.15, 0.2) is 0 Å². The Labute approximate surface area is 125 Å². The van der Waals surface area contributed by atoms with Gasteiger partial charge in [-0.15, -0.1) is 0 Å². The van der Waals surface area contributed by atoms with Crippen LogP contribution in [0.2, 0.25) is 0 Å². The van der Waals surface area contributed by atoms with Crippen LogP contribution in [0.25, 0.3) is 0 Å². The van der Waals surface area contributed by atoms with Gasteiger partial charge in [-0.05, 0) is 24.5 Å². The highest BCUT2D eigenvalue weighted by Gasteiger charge is 2.06. The van der Waals surface area contributed by atoms with E-state index in [4.69, 9.17) is 9.47 Å². The lowest BCUT2D eigenvalue weighted by atomic mass is 10.1. The second-order valence-corrected chi connectivity index (χ2v) is 4.63. The Kier molecular flexibility index (Phi) is 7.87. The van der Waals surface area contributed by atoms with Gasteiger partial charge in [0.05, 0.1) is 6.61 Å². The van der Waals surface area contributed by atoms with Crippen molar-refractivity contribution in [2.45, 2.75) is 39.5 Å². The standard InChI is InChI=1S/C17H22O4/c1-3-5-13-20-16(18)11-12-17(19)21-15-10-7-6-9-14(15)8-4-2/h6-7,9-12H,3-5,8,13H2,1-2H3/b12-11+. The van der Waals surface area contributed by atoms with Gasteiger partial charge in [0.1, 0.15) is 5.75 Å². The number of benzene rings is 1. The van der Waals surface area contributed by atoms with Crippen LogP contribution >= 0.6 is 0 Å². The SMILES string of the molecule is CCCCOC(=O)/C=C/C(=O)Oc1ccccc1CCC. The van der Waals surface area contributed by atoms with Crippen LogP contribution in [-0.2, 0) is 20.7 Å². The van der Waals surface area contributed by atoms with Crippen molar-refractivity contribution >= 4 is 11.9 Å².